The average Bonchev–Trinajstić information content (AvgIpc) is 3.29. The molecule has 0 spiro atoms. The molecule has 162 valence electrons. The van der Waals surface area contributed by atoms with Gasteiger partial charge in [-0.25, -0.2) is 8.42 Å². The van der Waals surface area contributed by atoms with Crippen LogP contribution in [0.2, 0.25) is 0 Å². The number of benzene rings is 1. The number of nitrogens with one attached hydrogen (secondary N) is 2. The van der Waals surface area contributed by atoms with Crippen molar-refractivity contribution in [2.24, 2.45) is 0 Å². The standard InChI is InChI=1S/C21H27N3O4S2/c1-24(18-5-3-2-4-6-18)30(27,28)19-9-7-17(8-10-19)23-20(25)11-13-22-21(26)16-12-14-29-15-16/h7-10,12,14-15,18H,2-6,11,13H2,1H3,(H,22,26)(H,23,25). The summed E-state index contributed by atoms with van der Waals surface area (Å²) >= 11 is 1.44. The van der Waals surface area contributed by atoms with Crippen molar-refractivity contribution >= 4 is 38.9 Å². The summed E-state index contributed by atoms with van der Waals surface area (Å²) in [5.74, 6) is -0.462. The fourth-order valence-corrected chi connectivity index (χ4v) is 5.58. The fourth-order valence-electron chi connectivity index (χ4n) is 3.53. The van der Waals surface area contributed by atoms with Gasteiger partial charge in [0.05, 0.1) is 4.90 Å². The summed E-state index contributed by atoms with van der Waals surface area (Å²) in [6.07, 6.45) is 5.20. The van der Waals surface area contributed by atoms with Crippen molar-refractivity contribution in [3.05, 3.63) is 46.7 Å². The Morgan fingerprint density at radius 2 is 1.80 bits per heavy atom. The first-order valence-electron chi connectivity index (χ1n) is 10.1. The lowest BCUT2D eigenvalue weighted by atomic mass is 9.96. The van der Waals surface area contributed by atoms with Crippen LogP contribution in [0, 0.1) is 0 Å². The van der Waals surface area contributed by atoms with Crippen molar-refractivity contribution in [1.82, 2.24) is 9.62 Å². The number of sulfonamides is 1. The van der Waals surface area contributed by atoms with E-state index in [1.807, 2.05) is 5.38 Å². The van der Waals surface area contributed by atoms with Crippen molar-refractivity contribution in [2.45, 2.75) is 49.5 Å². The second-order valence-corrected chi connectivity index (χ2v) is 10.2. The third-order valence-electron chi connectivity index (χ3n) is 5.32. The Bertz CT molecular complexity index is 951. The van der Waals surface area contributed by atoms with Crippen LogP contribution in [0.5, 0.6) is 0 Å². The molecule has 1 aliphatic rings. The number of rotatable bonds is 8. The Labute approximate surface area is 181 Å². The zero-order chi connectivity index (χ0) is 21.6. The van der Waals surface area contributed by atoms with Crippen LogP contribution < -0.4 is 10.6 Å². The summed E-state index contributed by atoms with van der Waals surface area (Å²) in [4.78, 5) is 24.2. The molecule has 1 aromatic heterocycles. The van der Waals surface area contributed by atoms with E-state index in [9.17, 15) is 18.0 Å². The van der Waals surface area contributed by atoms with Crippen LogP contribution in [0.3, 0.4) is 0 Å². The van der Waals surface area contributed by atoms with E-state index in [1.54, 1.807) is 30.6 Å². The molecule has 0 unspecified atom stereocenters. The zero-order valence-corrected chi connectivity index (χ0v) is 18.6. The molecule has 2 N–H and O–H groups in total. The summed E-state index contributed by atoms with van der Waals surface area (Å²) < 4.78 is 27.2. The highest BCUT2D eigenvalue weighted by atomic mass is 32.2. The predicted octanol–water partition coefficient (Wildman–Crippen LogP) is 3.46. The van der Waals surface area contributed by atoms with Gasteiger partial charge in [-0.05, 0) is 48.6 Å². The highest BCUT2D eigenvalue weighted by Crippen LogP contribution is 2.27. The maximum absolute atomic E-state index is 12.9. The Morgan fingerprint density at radius 3 is 2.43 bits per heavy atom. The third-order valence-corrected chi connectivity index (χ3v) is 7.93. The highest BCUT2D eigenvalue weighted by molar-refractivity contribution is 7.89. The Morgan fingerprint density at radius 1 is 1.10 bits per heavy atom. The molecule has 3 rings (SSSR count). The van der Waals surface area contributed by atoms with Gasteiger partial charge in [-0.1, -0.05) is 19.3 Å². The number of hydrogen-bond acceptors (Lipinski definition) is 5. The Balaban J connectivity index is 1.51. The van der Waals surface area contributed by atoms with E-state index in [4.69, 9.17) is 0 Å². The molecule has 2 aromatic rings. The fraction of sp³-hybridized carbons (Fsp3) is 0.429. The molecule has 0 radical (unpaired) electrons. The molecule has 2 amide bonds. The second kappa shape index (κ2) is 10.2. The molecule has 1 saturated carbocycles. The minimum absolute atomic E-state index is 0.0485. The lowest BCUT2D eigenvalue weighted by Gasteiger charge is -2.30. The van der Waals surface area contributed by atoms with Crippen LogP contribution >= 0.6 is 11.3 Å². The molecule has 0 bridgehead atoms. The van der Waals surface area contributed by atoms with E-state index in [-0.39, 0.29) is 35.7 Å². The molecule has 1 heterocycles. The largest absolute Gasteiger partial charge is 0.351 e. The molecule has 9 heteroatoms. The van der Waals surface area contributed by atoms with Crippen LogP contribution in [0.25, 0.3) is 0 Å². The molecule has 0 saturated heterocycles. The number of anilines is 1. The van der Waals surface area contributed by atoms with E-state index in [0.29, 0.717) is 11.3 Å². The highest BCUT2D eigenvalue weighted by Gasteiger charge is 2.28. The number of carbonyl (C=O) groups is 2. The van der Waals surface area contributed by atoms with Crippen LogP contribution in [-0.2, 0) is 14.8 Å². The molecule has 30 heavy (non-hydrogen) atoms. The predicted molar refractivity (Wildman–Crippen MR) is 118 cm³/mol. The van der Waals surface area contributed by atoms with Gasteiger partial charge in [0.2, 0.25) is 15.9 Å². The van der Waals surface area contributed by atoms with Gasteiger partial charge in [-0.3, -0.25) is 9.59 Å². The van der Waals surface area contributed by atoms with Gasteiger partial charge in [0.15, 0.2) is 0 Å². The summed E-state index contributed by atoms with van der Waals surface area (Å²) in [5.41, 5.74) is 1.10. The van der Waals surface area contributed by atoms with Crippen LogP contribution in [0.15, 0.2) is 46.0 Å². The molecular formula is C21H27N3O4S2. The van der Waals surface area contributed by atoms with Crippen LogP contribution in [-0.4, -0.2) is 44.2 Å². The minimum atomic E-state index is -3.56. The molecule has 1 aliphatic carbocycles. The van der Waals surface area contributed by atoms with Gasteiger partial charge < -0.3 is 10.6 Å². The Hall–Kier alpha value is -2.23. The minimum Gasteiger partial charge on any atom is -0.351 e. The maximum atomic E-state index is 12.9. The summed E-state index contributed by atoms with van der Waals surface area (Å²) in [6.45, 7) is 0.221. The SMILES string of the molecule is CN(C1CCCCC1)S(=O)(=O)c1ccc(NC(=O)CCNC(=O)c2ccsc2)cc1. The topological polar surface area (TPSA) is 95.6 Å². The molecule has 1 fully saturated rings. The van der Waals surface area contributed by atoms with Gasteiger partial charge in [0.25, 0.3) is 5.91 Å². The molecule has 7 nitrogen and oxygen atoms in total. The van der Waals surface area contributed by atoms with Gasteiger partial charge in [-0.2, -0.15) is 15.6 Å². The monoisotopic (exact) mass is 449 g/mol. The lowest BCUT2D eigenvalue weighted by Crippen LogP contribution is -2.38. The number of hydrogen-bond donors (Lipinski definition) is 2. The van der Waals surface area contributed by atoms with Crippen molar-refractivity contribution in [2.75, 3.05) is 18.9 Å². The van der Waals surface area contributed by atoms with Gasteiger partial charge in [-0.15, -0.1) is 0 Å². The van der Waals surface area contributed by atoms with Crippen LogP contribution in [0.1, 0.15) is 48.9 Å². The second-order valence-electron chi connectivity index (χ2n) is 7.40. The molecule has 0 aliphatic heterocycles. The molecular weight excluding hydrogens is 422 g/mol. The van der Waals surface area contributed by atoms with Crippen molar-refractivity contribution < 1.29 is 18.0 Å². The number of carbonyl (C=O) groups excluding carboxylic acids is 2. The Kier molecular flexibility index (Phi) is 7.63. The zero-order valence-electron chi connectivity index (χ0n) is 17.0. The first-order valence-corrected chi connectivity index (χ1v) is 12.4. The average molecular weight is 450 g/mol. The van der Waals surface area contributed by atoms with E-state index >= 15 is 0 Å². The third kappa shape index (κ3) is 5.68. The van der Waals surface area contributed by atoms with E-state index in [1.165, 1.54) is 27.8 Å². The normalized spacial score (nSPS) is 15.1. The maximum Gasteiger partial charge on any atom is 0.252 e. The van der Waals surface area contributed by atoms with Crippen molar-refractivity contribution in [3.63, 3.8) is 0 Å². The lowest BCUT2D eigenvalue weighted by molar-refractivity contribution is -0.116. The number of nitrogens with zero attached hydrogens (tertiary/aromatic N) is 1. The van der Waals surface area contributed by atoms with Gasteiger partial charge in [0.1, 0.15) is 0 Å². The quantitative estimate of drug-likeness (QED) is 0.645. The first-order chi connectivity index (χ1) is 14.4. The number of amides is 2. The van der Waals surface area contributed by atoms with Crippen molar-refractivity contribution in [1.29, 1.82) is 0 Å². The number of thiophene rings is 1. The van der Waals surface area contributed by atoms with E-state index < -0.39 is 10.0 Å². The first kappa shape index (κ1) is 22.5. The van der Waals surface area contributed by atoms with Gasteiger partial charge in [0, 0.05) is 42.7 Å². The van der Waals surface area contributed by atoms with Crippen LogP contribution in [0.4, 0.5) is 5.69 Å². The molecule has 1 aromatic carbocycles. The van der Waals surface area contributed by atoms with E-state index in [2.05, 4.69) is 10.6 Å². The van der Waals surface area contributed by atoms with Crippen molar-refractivity contribution in [3.8, 4) is 0 Å². The molecule has 0 atom stereocenters. The smallest absolute Gasteiger partial charge is 0.252 e. The summed E-state index contributed by atoms with van der Waals surface area (Å²) in [6, 6.07) is 7.98. The van der Waals surface area contributed by atoms with E-state index in [0.717, 1.165) is 32.1 Å². The van der Waals surface area contributed by atoms with Gasteiger partial charge >= 0.3 is 0 Å². The summed E-state index contributed by atoms with van der Waals surface area (Å²) in [5, 5.41) is 8.99. The summed E-state index contributed by atoms with van der Waals surface area (Å²) in [7, 11) is -1.91.